The van der Waals surface area contributed by atoms with Crippen molar-refractivity contribution >= 4 is 37.8 Å². The topological polar surface area (TPSA) is 20.3 Å². The van der Waals surface area contributed by atoms with Crippen LogP contribution in [0, 0.1) is 11.7 Å². The molecule has 2 nitrogen and oxygen atoms in total. The summed E-state index contributed by atoms with van der Waals surface area (Å²) in [5.74, 6) is 0.193. The monoisotopic (exact) mass is 377 g/mol. The molecule has 0 bridgehead atoms. The van der Waals surface area contributed by atoms with Crippen molar-refractivity contribution in [2.75, 3.05) is 13.1 Å². The van der Waals surface area contributed by atoms with Gasteiger partial charge < -0.3 is 4.90 Å². The van der Waals surface area contributed by atoms with Crippen LogP contribution in [-0.2, 0) is 0 Å². The maximum absolute atomic E-state index is 13.1. The zero-order valence-corrected chi connectivity index (χ0v) is 13.2. The first-order valence-corrected chi connectivity index (χ1v) is 7.58. The zero-order chi connectivity index (χ0) is 13.3. The maximum Gasteiger partial charge on any atom is 0.253 e. The number of carbonyl (C=O) groups excluding carboxylic acids is 1. The molecule has 1 amide bonds. The summed E-state index contributed by atoms with van der Waals surface area (Å²) in [6, 6.07) is 4.39. The predicted octanol–water partition coefficient (Wildman–Crippen LogP) is 3.83. The van der Waals surface area contributed by atoms with Gasteiger partial charge in [0.2, 0.25) is 0 Å². The molecule has 1 aromatic carbocycles. The van der Waals surface area contributed by atoms with Crippen LogP contribution in [-0.4, -0.2) is 28.7 Å². The zero-order valence-electron chi connectivity index (χ0n) is 10.00. The molecule has 5 heteroatoms. The van der Waals surface area contributed by atoms with Crippen molar-refractivity contribution in [1.29, 1.82) is 0 Å². The van der Waals surface area contributed by atoms with Gasteiger partial charge in [0.25, 0.3) is 5.91 Å². The molecule has 1 aliphatic heterocycles. The Hall–Kier alpha value is -0.420. The van der Waals surface area contributed by atoms with Gasteiger partial charge in [0.05, 0.1) is 4.47 Å². The molecule has 98 valence electrons. The summed E-state index contributed by atoms with van der Waals surface area (Å²) in [6.07, 6.45) is 0.990. The Bertz CT molecular complexity index is 466. The molecule has 1 heterocycles. The summed E-state index contributed by atoms with van der Waals surface area (Å²) < 4.78 is 13.5. The lowest BCUT2D eigenvalue weighted by atomic mass is 9.98. The van der Waals surface area contributed by atoms with Crippen molar-refractivity contribution in [2.24, 2.45) is 5.92 Å². The molecule has 0 radical (unpaired) electrons. The number of nitrogens with zero attached hydrogens (tertiary/aromatic N) is 1. The van der Waals surface area contributed by atoms with Crippen molar-refractivity contribution in [2.45, 2.75) is 18.2 Å². The third-order valence-electron chi connectivity index (χ3n) is 3.32. The first kappa shape index (κ1) is 14.0. The van der Waals surface area contributed by atoms with Gasteiger partial charge in [-0.05, 0) is 46.5 Å². The van der Waals surface area contributed by atoms with E-state index in [-0.39, 0.29) is 11.7 Å². The summed E-state index contributed by atoms with van der Waals surface area (Å²) in [4.78, 5) is 14.4. The normalized spacial score (nSPS) is 24.1. The fraction of sp³-hybridized carbons (Fsp3) is 0.462. The van der Waals surface area contributed by atoms with Crippen LogP contribution in [0.2, 0.25) is 0 Å². The Morgan fingerprint density at radius 3 is 2.83 bits per heavy atom. The Morgan fingerprint density at radius 1 is 1.50 bits per heavy atom. The number of alkyl halides is 1. The first-order valence-electron chi connectivity index (χ1n) is 5.87. The van der Waals surface area contributed by atoms with Gasteiger partial charge in [0.15, 0.2) is 0 Å². The summed E-state index contributed by atoms with van der Waals surface area (Å²) in [6.45, 7) is 3.64. The highest BCUT2D eigenvalue weighted by molar-refractivity contribution is 9.10. The number of amides is 1. The number of halogens is 3. The molecule has 18 heavy (non-hydrogen) atoms. The molecular weight excluding hydrogens is 365 g/mol. The Morgan fingerprint density at radius 2 is 2.22 bits per heavy atom. The van der Waals surface area contributed by atoms with E-state index in [9.17, 15) is 9.18 Å². The van der Waals surface area contributed by atoms with Crippen molar-refractivity contribution in [3.05, 3.63) is 34.1 Å². The van der Waals surface area contributed by atoms with Crippen molar-refractivity contribution in [3.8, 4) is 0 Å². The second kappa shape index (κ2) is 5.70. The first-order chi connectivity index (χ1) is 8.49. The Labute approximate surface area is 123 Å². The van der Waals surface area contributed by atoms with Crippen LogP contribution < -0.4 is 0 Å². The highest BCUT2D eigenvalue weighted by atomic mass is 79.9. The SMILES string of the molecule is CC1CCN(C(=O)c2ccc(F)c(Br)c2)CC1Br. The standard InChI is InChI=1S/C13H14Br2FNO/c1-8-4-5-17(7-11(8)15)13(18)9-2-3-12(16)10(14)6-9/h2-3,6,8,11H,4-5,7H2,1H3. The third-order valence-corrected chi connectivity index (χ3v) is 5.12. The van der Waals surface area contributed by atoms with Gasteiger partial charge in [-0.25, -0.2) is 4.39 Å². The number of rotatable bonds is 1. The van der Waals surface area contributed by atoms with Gasteiger partial charge in [-0.15, -0.1) is 0 Å². The molecular formula is C13H14Br2FNO. The van der Waals surface area contributed by atoms with Crippen LogP contribution in [0.15, 0.2) is 22.7 Å². The van der Waals surface area contributed by atoms with Gasteiger partial charge in [-0.2, -0.15) is 0 Å². The number of hydrogen-bond acceptors (Lipinski definition) is 1. The molecule has 1 fully saturated rings. The van der Waals surface area contributed by atoms with Crippen molar-refractivity contribution in [3.63, 3.8) is 0 Å². The average molecular weight is 379 g/mol. The number of carbonyl (C=O) groups is 1. The molecule has 0 saturated carbocycles. The van der Waals surface area contributed by atoms with E-state index in [4.69, 9.17) is 0 Å². The maximum atomic E-state index is 13.1. The van der Waals surface area contributed by atoms with E-state index in [1.54, 1.807) is 6.07 Å². The molecule has 0 aliphatic carbocycles. The highest BCUT2D eigenvalue weighted by Gasteiger charge is 2.27. The van der Waals surface area contributed by atoms with Gasteiger partial charge in [-0.3, -0.25) is 4.79 Å². The minimum Gasteiger partial charge on any atom is -0.338 e. The van der Waals surface area contributed by atoms with E-state index in [0.717, 1.165) is 13.0 Å². The number of hydrogen-bond donors (Lipinski definition) is 0. The van der Waals surface area contributed by atoms with Crippen LogP contribution in [0.3, 0.4) is 0 Å². The lowest BCUT2D eigenvalue weighted by Gasteiger charge is -2.34. The van der Waals surface area contributed by atoms with Crippen molar-refractivity contribution < 1.29 is 9.18 Å². The average Bonchev–Trinajstić information content (AvgIpc) is 2.35. The highest BCUT2D eigenvalue weighted by Crippen LogP contribution is 2.25. The fourth-order valence-electron chi connectivity index (χ4n) is 2.02. The van der Waals surface area contributed by atoms with E-state index in [0.29, 0.717) is 27.3 Å². The molecule has 1 aliphatic rings. The second-order valence-corrected chi connectivity index (χ2v) is 6.69. The van der Waals surface area contributed by atoms with Crippen LogP contribution in [0.4, 0.5) is 4.39 Å². The Kier molecular flexibility index (Phi) is 4.43. The van der Waals surface area contributed by atoms with Crippen molar-refractivity contribution in [1.82, 2.24) is 4.90 Å². The smallest absolute Gasteiger partial charge is 0.253 e. The van der Waals surface area contributed by atoms with Crippen LogP contribution >= 0.6 is 31.9 Å². The quantitative estimate of drug-likeness (QED) is 0.680. The summed E-state index contributed by atoms with van der Waals surface area (Å²) >= 11 is 6.70. The van der Waals surface area contributed by atoms with Crippen LogP contribution in [0.25, 0.3) is 0 Å². The van der Waals surface area contributed by atoms with Crippen LogP contribution in [0.5, 0.6) is 0 Å². The predicted molar refractivity (Wildman–Crippen MR) is 76.5 cm³/mol. The van der Waals surface area contributed by atoms with E-state index < -0.39 is 0 Å². The number of likely N-dealkylation sites (tertiary alicyclic amines) is 1. The molecule has 0 N–H and O–H groups in total. The fourth-order valence-corrected chi connectivity index (χ4v) is 3.01. The third kappa shape index (κ3) is 2.94. The van der Waals surface area contributed by atoms with E-state index >= 15 is 0 Å². The summed E-state index contributed by atoms with van der Waals surface area (Å²) in [5.41, 5.74) is 0.525. The molecule has 1 saturated heterocycles. The molecule has 0 spiro atoms. The number of piperidine rings is 1. The second-order valence-electron chi connectivity index (χ2n) is 4.66. The minimum absolute atomic E-state index is 0.0351. The number of benzene rings is 1. The van der Waals surface area contributed by atoms with Gasteiger partial charge in [0.1, 0.15) is 5.82 Å². The molecule has 2 rings (SSSR count). The van der Waals surface area contributed by atoms with E-state index in [1.807, 2.05) is 4.90 Å². The molecule has 0 aromatic heterocycles. The molecule has 2 unspecified atom stereocenters. The van der Waals surface area contributed by atoms with Crippen LogP contribution in [0.1, 0.15) is 23.7 Å². The van der Waals surface area contributed by atoms with Gasteiger partial charge in [0, 0.05) is 23.5 Å². The Balaban J connectivity index is 2.14. The summed E-state index contributed by atoms with van der Waals surface area (Å²) in [7, 11) is 0. The lowest BCUT2D eigenvalue weighted by Crippen LogP contribution is -2.43. The largest absolute Gasteiger partial charge is 0.338 e. The van der Waals surface area contributed by atoms with Gasteiger partial charge >= 0.3 is 0 Å². The lowest BCUT2D eigenvalue weighted by molar-refractivity contribution is 0.0706. The minimum atomic E-state index is -0.350. The van der Waals surface area contributed by atoms with Gasteiger partial charge in [-0.1, -0.05) is 22.9 Å². The summed E-state index contributed by atoms with van der Waals surface area (Å²) in [5, 5.41) is 0. The molecule has 1 aromatic rings. The molecule has 2 atom stereocenters. The van der Waals surface area contributed by atoms with E-state index in [1.165, 1.54) is 12.1 Å². The van der Waals surface area contributed by atoms with E-state index in [2.05, 4.69) is 38.8 Å².